The van der Waals surface area contributed by atoms with Gasteiger partial charge in [0.05, 0.1) is 5.52 Å². The van der Waals surface area contributed by atoms with Crippen molar-refractivity contribution < 1.29 is 4.79 Å². The van der Waals surface area contributed by atoms with Gasteiger partial charge in [-0.25, -0.2) is 9.97 Å². The molecule has 146 valence electrons. The zero-order chi connectivity index (χ0) is 20.1. The van der Waals surface area contributed by atoms with Crippen molar-refractivity contribution in [2.45, 2.75) is 26.3 Å². The lowest BCUT2D eigenvalue weighted by molar-refractivity contribution is 0.0946. The fraction of sp³-hybridized carbons (Fsp3) is 0.333. The third kappa shape index (κ3) is 4.61. The van der Waals surface area contributed by atoms with E-state index in [4.69, 9.17) is 10.7 Å². The molecule has 0 aliphatic carbocycles. The molecule has 7 nitrogen and oxygen atoms in total. The van der Waals surface area contributed by atoms with Gasteiger partial charge in [0.15, 0.2) is 11.5 Å². The second-order valence-corrected chi connectivity index (χ2v) is 7.12. The smallest absolute Gasteiger partial charge is 0.273 e. The molecule has 0 saturated heterocycles. The highest BCUT2D eigenvalue weighted by molar-refractivity contribution is 5.96. The molecule has 1 aromatic carbocycles. The van der Waals surface area contributed by atoms with E-state index in [2.05, 4.69) is 53.3 Å². The van der Waals surface area contributed by atoms with Crippen molar-refractivity contribution in [2.24, 2.45) is 0 Å². The third-order valence-electron chi connectivity index (χ3n) is 4.62. The quantitative estimate of drug-likeness (QED) is 0.655. The minimum Gasteiger partial charge on any atom is -0.382 e. The van der Waals surface area contributed by atoms with Crippen LogP contribution < -0.4 is 11.1 Å². The Morgan fingerprint density at radius 2 is 2.00 bits per heavy atom. The summed E-state index contributed by atoms with van der Waals surface area (Å²) in [6.45, 7) is 3.41. The van der Waals surface area contributed by atoms with Crippen LogP contribution in [0.15, 0.2) is 36.7 Å². The third-order valence-corrected chi connectivity index (χ3v) is 4.62. The van der Waals surface area contributed by atoms with Gasteiger partial charge < -0.3 is 16.0 Å². The summed E-state index contributed by atoms with van der Waals surface area (Å²) in [6, 6.07) is 8.25. The highest BCUT2D eigenvalue weighted by Gasteiger charge is 2.14. The van der Waals surface area contributed by atoms with Crippen LogP contribution in [0.1, 0.15) is 33.7 Å². The summed E-state index contributed by atoms with van der Waals surface area (Å²) in [7, 11) is 4.12. The average molecular weight is 378 g/mol. The van der Waals surface area contributed by atoms with Gasteiger partial charge in [-0.05, 0) is 57.6 Å². The molecule has 1 amide bonds. The molecule has 2 aromatic heterocycles. The van der Waals surface area contributed by atoms with Crippen molar-refractivity contribution >= 4 is 22.6 Å². The molecule has 0 aliphatic rings. The maximum Gasteiger partial charge on any atom is 0.273 e. The molecule has 2 heterocycles. The van der Waals surface area contributed by atoms with Crippen LogP contribution in [0, 0.1) is 6.92 Å². The van der Waals surface area contributed by atoms with Crippen LogP contribution in [0.2, 0.25) is 0 Å². The van der Waals surface area contributed by atoms with E-state index in [1.807, 2.05) is 12.1 Å². The topological polar surface area (TPSA) is 97.0 Å². The first-order valence-electron chi connectivity index (χ1n) is 9.33. The molecule has 3 aromatic rings. The molecule has 7 heteroatoms. The summed E-state index contributed by atoms with van der Waals surface area (Å²) in [5.74, 6) is -0.215. The summed E-state index contributed by atoms with van der Waals surface area (Å²) < 4.78 is 0. The number of anilines is 1. The SMILES string of the molecule is Cc1cccc2cc(CNC(=O)c3nccnc3N)c(CCCN(C)C)nc12. The van der Waals surface area contributed by atoms with Gasteiger partial charge in [0.2, 0.25) is 0 Å². The van der Waals surface area contributed by atoms with Crippen LogP contribution in [0.3, 0.4) is 0 Å². The number of carbonyl (C=O) groups is 1. The van der Waals surface area contributed by atoms with Crippen LogP contribution in [0.25, 0.3) is 10.9 Å². The van der Waals surface area contributed by atoms with Crippen LogP contribution in [0.5, 0.6) is 0 Å². The molecule has 28 heavy (non-hydrogen) atoms. The molecule has 0 bridgehead atoms. The summed E-state index contributed by atoms with van der Waals surface area (Å²) in [6.07, 6.45) is 4.76. The van der Waals surface area contributed by atoms with Gasteiger partial charge in [-0.1, -0.05) is 18.2 Å². The van der Waals surface area contributed by atoms with E-state index in [1.54, 1.807) is 0 Å². The Hall–Kier alpha value is -3.06. The molecule has 0 aliphatic heterocycles. The lowest BCUT2D eigenvalue weighted by Crippen LogP contribution is -2.26. The first-order valence-corrected chi connectivity index (χ1v) is 9.33. The molecular weight excluding hydrogens is 352 g/mol. The number of carbonyl (C=O) groups excluding carboxylic acids is 1. The number of hydrogen-bond donors (Lipinski definition) is 2. The average Bonchev–Trinajstić information content (AvgIpc) is 2.66. The Labute approximate surface area is 165 Å². The highest BCUT2D eigenvalue weighted by Crippen LogP contribution is 2.21. The predicted octanol–water partition coefficient (Wildman–Crippen LogP) is 2.34. The van der Waals surface area contributed by atoms with Crippen molar-refractivity contribution in [2.75, 3.05) is 26.4 Å². The Morgan fingerprint density at radius 3 is 2.75 bits per heavy atom. The number of nitrogen functional groups attached to an aromatic ring is 1. The predicted molar refractivity (Wildman–Crippen MR) is 111 cm³/mol. The Bertz CT molecular complexity index is 986. The Balaban J connectivity index is 1.85. The molecular formula is C21H26N6O. The maximum absolute atomic E-state index is 12.5. The summed E-state index contributed by atoms with van der Waals surface area (Å²) >= 11 is 0. The van der Waals surface area contributed by atoms with Crippen molar-refractivity contribution in [1.82, 2.24) is 25.2 Å². The number of amides is 1. The number of nitrogens with two attached hydrogens (primary N) is 1. The number of hydrogen-bond acceptors (Lipinski definition) is 6. The number of pyridine rings is 1. The van der Waals surface area contributed by atoms with Crippen molar-refractivity contribution in [3.8, 4) is 0 Å². The standard InChI is InChI=1S/C21H26N6O/c1-14-6-4-7-15-12-16(17(26-18(14)15)8-5-11-27(2)3)13-25-21(28)19-20(22)24-10-9-23-19/h4,6-7,9-10,12H,5,8,11,13H2,1-3H3,(H2,22,24)(H,25,28). The fourth-order valence-corrected chi connectivity index (χ4v) is 3.14. The number of nitrogens with zero attached hydrogens (tertiary/aromatic N) is 4. The zero-order valence-electron chi connectivity index (χ0n) is 16.6. The van der Waals surface area contributed by atoms with Crippen LogP contribution in [-0.4, -0.2) is 46.4 Å². The second kappa shape index (κ2) is 8.75. The van der Waals surface area contributed by atoms with E-state index in [0.29, 0.717) is 6.54 Å². The van der Waals surface area contributed by atoms with Gasteiger partial charge in [0, 0.05) is 30.0 Å². The van der Waals surface area contributed by atoms with E-state index >= 15 is 0 Å². The molecule has 3 N–H and O–H groups in total. The lowest BCUT2D eigenvalue weighted by atomic mass is 10.0. The van der Waals surface area contributed by atoms with Gasteiger partial charge in [-0.3, -0.25) is 9.78 Å². The Kier molecular flexibility index (Phi) is 6.16. The zero-order valence-corrected chi connectivity index (χ0v) is 16.6. The molecule has 0 radical (unpaired) electrons. The van der Waals surface area contributed by atoms with E-state index in [1.165, 1.54) is 12.4 Å². The monoisotopic (exact) mass is 378 g/mol. The van der Waals surface area contributed by atoms with Crippen LogP contribution in [0.4, 0.5) is 5.82 Å². The molecule has 3 rings (SSSR count). The van der Waals surface area contributed by atoms with Crippen LogP contribution >= 0.6 is 0 Å². The van der Waals surface area contributed by atoms with Crippen molar-refractivity contribution in [3.05, 3.63) is 59.2 Å². The normalized spacial score (nSPS) is 11.1. The summed E-state index contributed by atoms with van der Waals surface area (Å²) in [4.78, 5) is 27.5. The van der Waals surface area contributed by atoms with E-state index in [-0.39, 0.29) is 17.4 Å². The number of aryl methyl sites for hydroxylation is 2. The minimum atomic E-state index is -0.339. The van der Waals surface area contributed by atoms with E-state index < -0.39 is 0 Å². The van der Waals surface area contributed by atoms with Gasteiger partial charge in [0.1, 0.15) is 0 Å². The fourth-order valence-electron chi connectivity index (χ4n) is 3.14. The lowest BCUT2D eigenvalue weighted by Gasteiger charge is -2.14. The molecule has 0 spiro atoms. The molecule has 0 unspecified atom stereocenters. The largest absolute Gasteiger partial charge is 0.382 e. The summed E-state index contributed by atoms with van der Waals surface area (Å²) in [5, 5.41) is 3.97. The number of para-hydroxylation sites is 1. The summed E-state index contributed by atoms with van der Waals surface area (Å²) in [5.41, 5.74) is 10.1. The Morgan fingerprint density at radius 1 is 1.21 bits per heavy atom. The maximum atomic E-state index is 12.5. The number of nitrogens with one attached hydrogen (secondary N) is 1. The molecule has 0 atom stereocenters. The van der Waals surface area contributed by atoms with Crippen molar-refractivity contribution in [1.29, 1.82) is 0 Å². The minimum absolute atomic E-state index is 0.124. The van der Waals surface area contributed by atoms with Gasteiger partial charge in [0.25, 0.3) is 5.91 Å². The van der Waals surface area contributed by atoms with Gasteiger partial charge in [-0.15, -0.1) is 0 Å². The van der Waals surface area contributed by atoms with Gasteiger partial charge in [-0.2, -0.15) is 0 Å². The van der Waals surface area contributed by atoms with E-state index in [9.17, 15) is 4.79 Å². The first kappa shape index (κ1) is 19.7. The first-order chi connectivity index (χ1) is 13.5. The molecule has 0 saturated carbocycles. The number of aromatic nitrogens is 3. The number of fused-ring (bicyclic) bond motifs is 1. The van der Waals surface area contributed by atoms with Crippen molar-refractivity contribution in [3.63, 3.8) is 0 Å². The van der Waals surface area contributed by atoms with E-state index in [0.717, 1.165) is 47.1 Å². The van der Waals surface area contributed by atoms with Crippen LogP contribution in [-0.2, 0) is 13.0 Å². The number of benzene rings is 1. The second-order valence-electron chi connectivity index (χ2n) is 7.12. The molecule has 0 fully saturated rings. The highest BCUT2D eigenvalue weighted by atomic mass is 16.1. The van der Waals surface area contributed by atoms with Gasteiger partial charge >= 0.3 is 0 Å². The number of rotatable bonds is 7.